The Bertz CT molecular complexity index is 2130. The number of nitrogens with one attached hydrogen (secondary N) is 1. The smallest absolute Gasteiger partial charge is 0.870 e. The predicted octanol–water partition coefficient (Wildman–Crippen LogP) is 2.06. The topological polar surface area (TPSA) is 245 Å². The van der Waals surface area contributed by atoms with Crippen molar-refractivity contribution in [2.45, 2.75) is 153 Å². The zero-order valence-corrected chi connectivity index (χ0v) is 46.0. The summed E-state index contributed by atoms with van der Waals surface area (Å²) in [7, 11) is 11.5. The molecule has 6 saturated heterocycles. The first-order valence-corrected chi connectivity index (χ1v) is 24.9. The van der Waals surface area contributed by atoms with Crippen LogP contribution in [-0.2, 0) is 51.6 Å². The average molecular weight is 1040 g/mol. The second-order valence-electron chi connectivity index (χ2n) is 21.0. The van der Waals surface area contributed by atoms with Gasteiger partial charge in [0.25, 0.3) is 5.91 Å². The summed E-state index contributed by atoms with van der Waals surface area (Å²) in [6.07, 6.45) is 6.29. The number of hydrogen-bond acceptors (Lipinski definition) is 14. The van der Waals surface area contributed by atoms with Crippen molar-refractivity contribution < 1.29 is 92.6 Å². The molecule has 0 spiro atoms. The molecule has 4 unspecified atom stereocenters. The number of fused-ring (bicyclic) bond motifs is 4. The number of benzene rings is 2. The molecule has 4 radical (unpaired) electrons. The van der Waals surface area contributed by atoms with E-state index in [9.17, 15) is 28.8 Å². The van der Waals surface area contributed by atoms with Crippen LogP contribution in [0, 0.1) is 11.8 Å². The number of urea groups is 2. The van der Waals surface area contributed by atoms with Crippen LogP contribution in [0.15, 0.2) is 60.7 Å². The van der Waals surface area contributed by atoms with E-state index >= 15 is 0 Å². The largest absolute Gasteiger partial charge is 1.00 e. The molecular weight excluding hydrogens is 965 g/mol. The molecule has 6 fully saturated rings. The summed E-state index contributed by atoms with van der Waals surface area (Å²) in [6.45, 7) is 14.1. The molecule has 8 atom stereocenters. The monoisotopic (exact) mass is 1040 g/mol. The molecule has 2 aromatic rings. The fraction of sp³-hybridized carbons (Fsp3) is 0.640. The molecule has 21 nitrogen and oxygen atoms in total. The number of likely N-dealkylation sites (tertiary alicyclic amines) is 2. The average Bonchev–Trinajstić information content (AvgIpc) is 4.09. The van der Waals surface area contributed by atoms with Gasteiger partial charge in [-0.1, -0.05) is 85.8 Å². The van der Waals surface area contributed by atoms with Crippen molar-refractivity contribution in [3.63, 3.8) is 0 Å². The van der Waals surface area contributed by atoms with E-state index in [2.05, 4.69) is 10.3 Å². The van der Waals surface area contributed by atoms with E-state index in [0.717, 1.165) is 24.0 Å². The van der Waals surface area contributed by atoms with Gasteiger partial charge in [0.1, 0.15) is 30.5 Å². The van der Waals surface area contributed by atoms with E-state index in [-0.39, 0.29) is 102 Å². The van der Waals surface area contributed by atoms with Gasteiger partial charge in [-0.25, -0.2) is 36.8 Å². The maximum absolute atomic E-state index is 12.9. The van der Waals surface area contributed by atoms with E-state index in [1.807, 2.05) is 108 Å². The Morgan fingerprint density at radius 1 is 0.676 bits per heavy atom. The molecule has 4 N–H and O–H groups in total. The third-order valence-electron chi connectivity index (χ3n) is 13.2. The van der Waals surface area contributed by atoms with Crippen LogP contribution < -0.4 is 40.9 Å². The molecule has 24 heteroatoms. The fourth-order valence-corrected chi connectivity index (χ4v) is 9.59. The summed E-state index contributed by atoms with van der Waals surface area (Å²) in [4.78, 5) is 101. The molecule has 6 aliphatic rings. The summed E-state index contributed by atoms with van der Waals surface area (Å²) in [5, 5.41) is 2.82. The van der Waals surface area contributed by atoms with Gasteiger partial charge in [-0.05, 0) is 96.6 Å². The third-order valence-corrected chi connectivity index (χ3v) is 13.2. The van der Waals surface area contributed by atoms with Gasteiger partial charge in [-0.15, -0.1) is 0 Å². The first-order chi connectivity index (χ1) is 34.3. The summed E-state index contributed by atoms with van der Waals surface area (Å²) in [5.41, 5.74) is 3.37. The van der Waals surface area contributed by atoms with E-state index in [1.54, 1.807) is 14.7 Å². The zero-order valence-electron chi connectivity index (χ0n) is 44.0. The molecule has 4 bridgehead atoms. The molecule has 0 saturated carbocycles. The molecule has 7 amide bonds. The van der Waals surface area contributed by atoms with Gasteiger partial charge in [0.2, 0.25) is 0 Å². The minimum Gasteiger partial charge on any atom is -0.870 e. The van der Waals surface area contributed by atoms with Crippen LogP contribution in [0.2, 0.25) is 12.6 Å². The number of nitrogens with zero attached hydrogens (tertiary/aromatic N) is 6. The molecule has 6 heterocycles. The number of nitrogens with two attached hydrogens (primary N) is 1. The minimum absolute atomic E-state index is 0. The van der Waals surface area contributed by atoms with Crippen LogP contribution in [0.25, 0.3) is 0 Å². The van der Waals surface area contributed by atoms with E-state index in [1.165, 1.54) is 15.0 Å². The SMILES string of the molecule is O=[C-][C@@H]1CC[C@@H]2CN1C(=O)N2OCc1ccccc1.[B]CC1CC(CON)N(C(=O)OC(C)(C)C)C1.[B]CC1CC(CONC(=O)[C@@H]2CC[C@@H]3CN2C(=O)N3OCc2ccccc2)N(C(=O)OC(C)(C)C)C1.[Na+].[OH-]. The maximum atomic E-state index is 12.9. The normalized spacial score (nSPS) is 25.0. The first kappa shape index (κ1) is 62.1. The van der Waals surface area contributed by atoms with Crippen molar-refractivity contribution >= 4 is 52.1 Å². The van der Waals surface area contributed by atoms with Crippen LogP contribution in [0.5, 0.6) is 0 Å². The van der Waals surface area contributed by atoms with Crippen LogP contribution >= 0.6 is 0 Å². The van der Waals surface area contributed by atoms with Crippen molar-refractivity contribution in [2.24, 2.45) is 17.7 Å². The van der Waals surface area contributed by atoms with Gasteiger partial charge in [-0.2, -0.15) is 10.1 Å². The molecule has 2 aromatic carbocycles. The number of ether oxygens (including phenoxy) is 2. The summed E-state index contributed by atoms with van der Waals surface area (Å²) in [5.74, 6) is 5.12. The summed E-state index contributed by atoms with van der Waals surface area (Å²) >= 11 is 0. The Morgan fingerprint density at radius 3 is 1.57 bits per heavy atom. The van der Waals surface area contributed by atoms with Crippen LogP contribution in [0.4, 0.5) is 19.2 Å². The quantitative estimate of drug-likeness (QED) is 0.147. The molecule has 0 aromatic heterocycles. The minimum atomic E-state index is -0.638. The fourth-order valence-electron chi connectivity index (χ4n) is 9.59. The number of hydrogen-bond donors (Lipinski definition) is 2. The molecule has 8 rings (SSSR count). The summed E-state index contributed by atoms with van der Waals surface area (Å²) in [6, 6.07) is 17.4. The summed E-state index contributed by atoms with van der Waals surface area (Å²) < 4.78 is 10.9. The maximum Gasteiger partial charge on any atom is 1.00 e. The van der Waals surface area contributed by atoms with Gasteiger partial charge in [0, 0.05) is 26.2 Å². The van der Waals surface area contributed by atoms with Gasteiger partial charge in [0.05, 0.1) is 53.1 Å². The van der Waals surface area contributed by atoms with Gasteiger partial charge < -0.3 is 44.2 Å². The Balaban J connectivity index is 0.000000263. The van der Waals surface area contributed by atoms with Crippen molar-refractivity contribution in [1.29, 1.82) is 0 Å². The Hall–Kier alpha value is -4.45. The molecule has 6 aliphatic heterocycles. The van der Waals surface area contributed by atoms with E-state index in [0.29, 0.717) is 83.6 Å². The first-order valence-electron chi connectivity index (χ1n) is 24.9. The number of amides is 7. The number of rotatable bonds is 15. The Morgan fingerprint density at radius 2 is 1.12 bits per heavy atom. The molecular formula is C50H72B2N8NaO13-. The predicted molar refractivity (Wildman–Crippen MR) is 267 cm³/mol. The van der Waals surface area contributed by atoms with Crippen LogP contribution in [-0.4, -0.2) is 174 Å². The van der Waals surface area contributed by atoms with Gasteiger partial charge in [0.15, 0.2) is 0 Å². The van der Waals surface area contributed by atoms with Gasteiger partial charge in [-0.3, -0.25) is 19.3 Å². The van der Waals surface area contributed by atoms with Crippen molar-refractivity contribution in [3.8, 4) is 0 Å². The number of carbonyl (C=O) groups is 5. The van der Waals surface area contributed by atoms with Crippen LogP contribution in [0.1, 0.15) is 91.2 Å². The molecule has 0 aliphatic carbocycles. The van der Waals surface area contributed by atoms with Crippen LogP contribution in [0.3, 0.4) is 0 Å². The van der Waals surface area contributed by atoms with Crippen molar-refractivity contribution in [2.75, 3.05) is 39.4 Å². The molecule has 398 valence electrons. The Kier molecular flexibility index (Phi) is 24.0. The Labute approximate surface area is 459 Å². The third kappa shape index (κ3) is 17.0. The zero-order chi connectivity index (χ0) is 52.2. The van der Waals surface area contributed by atoms with Crippen molar-refractivity contribution in [1.82, 2.24) is 35.2 Å². The van der Waals surface area contributed by atoms with Crippen molar-refractivity contribution in [3.05, 3.63) is 71.8 Å². The second kappa shape index (κ2) is 28.6. The second-order valence-corrected chi connectivity index (χ2v) is 21.0. The standard InChI is InChI=1S/C25H35BN4O6.C14H15N2O3.C11H21BN2O3.Na.H2O/c1-25(2,3)36-24(33)28-13-18(12-26)11-20(28)16-34-27-22(31)21-10-9-19-14-29(21)23(32)30(19)35-15-17-7-5-4-6-8-17;17-9-13-7-6-12-8-15(13)14(18)16(12)19-10-11-4-2-1-3-5-11;1-11(2,3)17-10(15)14-6-8(5-12)4-9(14)7-16-13;;/h4-8,18-21H,9-16H2,1-3H3,(H,27,31);1-5,12-13H,6-8,10H2;8-9H,4-7,13H2,1-3H3;;1H2/q;-1;;+1;/p-1/t18?,19-,20?,21+;12-,13+;;;/m11.../s1. The van der Waals surface area contributed by atoms with E-state index in [4.69, 9.17) is 45.6 Å². The molecule has 74 heavy (non-hydrogen) atoms. The number of hydroxylamine groups is 5. The number of carbonyl (C=O) groups excluding carboxylic acids is 6. The van der Waals surface area contributed by atoms with Gasteiger partial charge >= 0.3 is 53.8 Å². The van der Waals surface area contributed by atoms with E-state index < -0.39 is 29.4 Å². The number of piperidine rings is 2.